The summed E-state index contributed by atoms with van der Waals surface area (Å²) in [6, 6.07) is 6.45. The molecule has 0 aromatic heterocycles. The molecular formula is C12H18N2O4S. The van der Waals surface area contributed by atoms with Crippen LogP contribution in [0.1, 0.15) is 13.8 Å². The molecule has 0 unspecified atom stereocenters. The Kier molecular flexibility index (Phi) is 5.31. The van der Waals surface area contributed by atoms with E-state index in [0.717, 1.165) is 6.26 Å². The first-order valence-corrected chi connectivity index (χ1v) is 7.65. The number of amides is 1. The van der Waals surface area contributed by atoms with E-state index in [0.29, 0.717) is 11.4 Å². The molecule has 1 aromatic rings. The normalized spacial score (nSPS) is 11.4. The van der Waals surface area contributed by atoms with Crippen LogP contribution in [0.15, 0.2) is 24.3 Å². The minimum absolute atomic E-state index is 0.0241. The molecule has 1 rings (SSSR count). The summed E-state index contributed by atoms with van der Waals surface area (Å²) in [7, 11) is -3.33. The highest BCUT2D eigenvalue weighted by Crippen LogP contribution is 2.15. The Bertz CT molecular complexity index is 540. The molecule has 0 aliphatic carbocycles. The molecule has 0 aliphatic heterocycles. The second-order valence-electron chi connectivity index (χ2n) is 4.36. The molecule has 1 aromatic carbocycles. The van der Waals surface area contributed by atoms with Gasteiger partial charge in [0.15, 0.2) is 0 Å². The minimum Gasteiger partial charge on any atom is -0.369 e. The van der Waals surface area contributed by atoms with Gasteiger partial charge in [-0.2, -0.15) is 0 Å². The zero-order chi connectivity index (χ0) is 14.5. The van der Waals surface area contributed by atoms with Gasteiger partial charge in [-0.05, 0) is 32.0 Å². The van der Waals surface area contributed by atoms with Crippen molar-refractivity contribution in [2.45, 2.75) is 20.0 Å². The van der Waals surface area contributed by atoms with E-state index in [1.807, 2.05) is 13.8 Å². The average molecular weight is 286 g/mol. The number of anilines is 2. The van der Waals surface area contributed by atoms with Crippen molar-refractivity contribution in [1.29, 1.82) is 0 Å². The lowest BCUT2D eigenvalue weighted by atomic mass is 10.3. The third-order valence-corrected chi connectivity index (χ3v) is 2.60. The molecule has 0 atom stereocenters. The van der Waals surface area contributed by atoms with Crippen molar-refractivity contribution < 1.29 is 17.9 Å². The van der Waals surface area contributed by atoms with Crippen molar-refractivity contribution >= 4 is 27.3 Å². The molecule has 2 N–H and O–H groups in total. The largest absolute Gasteiger partial charge is 0.369 e. The van der Waals surface area contributed by atoms with Gasteiger partial charge in [0.25, 0.3) is 0 Å². The highest BCUT2D eigenvalue weighted by Gasteiger charge is 2.06. The van der Waals surface area contributed by atoms with E-state index >= 15 is 0 Å². The Morgan fingerprint density at radius 1 is 1.32 bits per heavy atom. The topological polar surface area (TPSA) is 84.5 Å². The molecule has 19 heavy (non-hydrogen) atoms. The minimum atomic E-state index is -3.33. The SMILES string of the molecule is CC(C)OCC(=O)Nc1cccc(NS(C)(=O)=O)c1. The molecule has 106 valence electrons. The maximum atomic E-state index is 11.5. The standard InChI is InChI=1S/C12H18N2O4S/c1-9(2)18-8-12(15)13-10-5-4-6-11(7-10)14-19(3,16)17/h4-7,9,14H,8H2,1-3H3,(H,13,15). The Hall–Kier alpha value is -1.60. The summed E-state index contributed by atoms with van der Waals surface area (Å²) in [5.41, 5.74) is 0.899. The molecule has 0 saturated carbocycles. The van der Waals surface area contributed by atoms with Gasteiger partial charge in [-0.25, -0.2) is 8.42 Å². The zero-order valence-electron chi connectivity index (χ0n) is 11.1. The Morgan fingerprint density at radius 3 is 2.53 bits per heavy atom. The first-order valence-electron chi connectivity index (χ1n) is 5.75. The number of hydrogen-bond acceptors (Lipinski definition) is 4. The fraction of sp³-hybridized carbons (Fsp3) is 0.417. The van der Waals surface area contributed by atoms with Gasteiger partial charge in [0, 0.05) is 5.69 Å². The number of carbonyl (C=O) groups is 1. The van der Waals surface area contributed by atoms with Gasteiger partial charge < -0.3 is 10.1 Å². The summed E-state index contributed by atoms with van der Waals surface area (Å²) in [5, 5.41) is 2.62. The highest BCUT2D eigenvalue weighted by atomic mass is 32.2. The molecule has 0 bridgehead atoms. The number of rotatable bonds is 6. The van der Waals surface area contributed by atoms with E-state index in [4.69, 9.17) is 4.74 Å². The first-order chi connectivity index (χ1) is 8.76. The van der Waals surface area contributed by atoms with Crippen LogP contribution in [0.5, 0.6) is 0 Å². The van der Waals surface area contributed by atoms with Gasteiger partial charge in [-0.15, -0.1) is 0 Å². The van der Waals surface area contributed by atoms with Crippen LogP contribution in [0, 0.1) is 0 Å². The average Bonchev–Trinajstić information content (AvgIpc) is 2.24. The van der Waals surface area contributed by atoms with Gasteiger partial charge in [-0.1, -0.05) is 6.07 Å². The Labute approximate surface area is 113 Å². The van der Waals surface area contributed by atoms with Crippen molar-refractivity contribution in [3.8, 4) is 0 Å². The summed E-state index contributed by atoms with van der Waals surface area (Å²) < 4.78 is 29.7. The lowest BCUT2D eigenvalue weighted by Gasteiger charge is -2.10. The van der Waals surface area contributed by atoms with Crippen LogP contribution >= 0.6 is 0 Å². The highest BCUT2D eigenvalue weighted by molar-refractivity contribution is 7.92. The number of carbonyl (C=O) groups excluding carboxylic acids is 1. The lowest BCUT2D eigenvalue weighted by molar-refractivity contribution is -0.121. The molecule has 0 fully saturated rings. The Morgan fingerprint density at radius 2 is 1.95 bits per heavy atom. The predicted molar refractivity (Wildman–Crippen MR) is 74.6 cm³/mol. The predicted octanol–water partition coefficient (Wildman–Crippen LogP) is 1.42. The number of ether oxygens (including phenoxy) is 1. The van der Waals surface area contributed by atoms with Gasteiger partial charge in [0.05, 0.1) is 18.0 Å². The van der Waals surface area contributed by atoms with Gasteiger partial charge >= 0.3 is 0 Å². The molecule has 6 nitrogen and oxygen atoms in total. The maximum absolute atomic E-state index is 11.5. The lowest BCUT2D eigenvalue weighted by Crippen LogP contribution is -2.20. The van der Waals surface area contributed by atoms with E-state index in [1.165, 1.54) is 6.07 Å². The quantitative estimate of drug-likeness (QED) is 0.828. The van der Waals surface area contributed by atoms with E-state index in [1.54, 1.807) is 18.2 Å². The molecular weight excluding hydrogens is 268 g/mol. The Balaban J connectivity index is 2.64. The molecule has 0 saturated heterocycles. The molecule has 1 amide bonds. The van der Waals surface area contributed by atoms with E-state index < -0.39 is 10.0 Å². The van der Waals surface area contributed by atoms with E-state index in [2.05, 4.69) is 10.0 Å². The molecule has 7 heteroatoms. The number of sulfonamides is 1. The summed E-state index contributed by atoms with van der Waals surface area (Å²) in [5.74, 6) is -0.287. The van der Waals surface area contributed by atoms with Crippen LogP contribution in [0.3, 0.4) is 0 Å². The van der Waals surface area contributed by atoms with Crippen molar-refractivity contribution in [3.05, 3.63) is 24.3 Å². The van der Waals surface area contributed by atoms with Gasteiger partial charge in [-0.3, -0.25) is 9.52 Å². The van der Waals surface area contributed by atoms with Gasteiger partial charge in [0.2, 0.25) is 15.9 Å². The van der Waals surface area contributed by atoms with Crippen LogP contribution in [-0.4, -0.2) is 33.3 Å². The molecule has 0 spiro atoms. The van der Waals surface area contributed by atoms with Crippen LogP contribution in [0.25, 0.3) is 0 Å². The fourth-order valence-electron chi connectivity index (χ4n) is 1.31. The fourth-order valence-corrected chi connectivity index (χ4v) is 1.87. The number of hydrogen-bond donors (Lipinski definition) is 2. The first kappa shape index (κ1) is 15.5. The third-order valence-electron chi connectivity index (χ3n) is 2.00. The van der Waals surface area contributed by atoms with Crippen LogP contribution in [-0.2, 0) is 19.6 Å². The van der Waals surface area contributed by atoms with E-state index in [-0.39, 0.29) is 18.6 Å². The van der Waals surface area contributed by atoms with Crippen LogP contribution in [0.4, 0.5) is 11.4 Å². The van der Waals surface area contributed by atoms with E-state index in [9.17, 15) is 13.2 Å². The second-order valence-corrected chi connectivity index (χ2v) is 6.11. The third kappa shape index (κ3) is 6.78. The maximum Gasteiger partial charge on any atom is 0.250 e. The molecule has 0 heterocycles. The van der Waals surface area contributed by atoms with Crippen LogP contribution in [0.2, 0.25) is 0 Å². The van der Waals surface area contributed by atoms with Crippen molar-refractivity contribution in [1.82, 2.24) is 0 Å². The molecule has 0 radical (unpaired) electrons. The van der Waals surface area contributed by atoms with Crippen molar-refractivity contribution in [3.63, 3.8) is 0 Å². The second kappa shape index (κ2) is 6.53. The smallest absolute Gasteiger partial charge is 0.250 e. The summed E-state index contributed by atoms with van der Waals surface area (Å²) >= 11 is 0. The molecule has 0 aliphatic rings. The number of nitrogens with one attached hydrogen (secondary N) is 2. The summed E-state index contributed by atoms with van der Waals surface area (Å²) in [6.07, 6.45) is 1.04. The van der Waals surface area contributed by atoms with Crippen molar-refractivity contribution in [2.75, 3.05) is 22.9 Å². The van der Waals surface area contributed by atoms with Gasteiger partial charge in [0.1, 0.15) is 6.61 Å². The monoisotopic (exact) mass is 286 g/mol. The zero-order valence-corrected chi connectivity index (χ0v) is 12.0. The summed E-state index contributed by atoms with van der Waals surface area (Å²) in [4.78, 5) is 11.5. The summed E-state index contributed by atoms with van der Waals surface area (Å²) in [6.45, 7) is 3.63. The van der Waals surface area contributed by atoms with Crippen molar-refractivity contribution in [2.24, 2.45) is 0 Å². The van der Waals surface area contributed by atoms with Crippen LogP contribution < -0.4 is 10.0 Å². The number of benzene rings is 1.